The Morgan fingerprint density at radius 3 is 3.00 bits per heavy atom. The van der Waals surface area contributed by atoms with Gasteiger partial charge < -0.3 is 10.2 Å². The molecule has 14 heavy (non-hydrogen) atoms. The van der Waals surface area contributed by atoms with Crippen molar-refractivity contribution < 1.29 is 10.2 Å². The summed E-state index contributed by atoms with van der Waals surface area (Å²) in [5, 5.41) is 18.9. The summed E-state index contributed by atoms with van der Waals surface area (Å²) >= 11 is 0. The number of fused-ring (bicyclic) bond motifs is 1. The fraction of sp³-hybridized carbons (Fsp3) is 0.500. The molecule has 2 unspecified atom stereocenters. The molecule has 0 heterocycles. The monoisotopic (exact) mass is 192 g/mol. The zero-order valence-electron chi connectivity index (χ0n) is 8.40. The van der Waals surface area contributed by atoms with E-state index < -0.39 is 0 Å². The highest BCUT2D eigenvalue weighted by atomic mass is 16.3. The van der Waals surface area contributed by atoms with Gasteiger partial charge in [0.1, 0.15) is 5.75 Å². The first kappa shape index (κ1) is 9.53. The van der Waals surface area contributed by atoms with Crippen LogP contribution in [0, 0.1) is 5.92 Å². The molecule has 2 atom stereocenters. The number of aliphatic hydroxyl groups excluding tert-OH is 1. The van der Waals surface area contributed by atoms with Gasteiger partial charge in [0.2, 0.25) is 0 Å². The molecule has 1 aromatic rings. The smallest absolute Gasteiger partial charge is 0.119 e. The summed E-state index contributed by atoms with van der Waals surface area (Å²) < 4.78 is 0. The quantitative estimate of drug-likeness (QED) is 0.753. The van der Waals surface area contributed by atoms with E-state index in [-0.39, 0.29) is 12.5 Å². The molecular weight excluding hydrogens is 176 g/mol. The Balaban J connectivity index is 2.38. The first-order chi connectivity index (χ1) is 6.74. The summed E-state index contributed by atoms with van der Waals surface area (Å²) in [6, 6.07) is 5.69. The lowest BCUT2D eigenvalue weighted by Gasteiger charge is -2.18. The fourth-order valence-corrected chi connectivity index (χ4v) is 2.40. The number of hydrogen-bond donors (Lipinski definition) is 2. The van der Waals surface area contributed by atoms with Gasteiger partial charge in [-0.1, -0.05) is 19.1 Å². The van der Waals surface area contributed by atoms with Crippen LogP contribution >= 0.6 is 0 Å². The predicted octanol–water partition coefficient (Wildman–Crippen LogP) is 2.05. The Bertz CT molecular complexity index is 333. The lowest BCUT2D eigenvalue weighted by molar-refractivity contribution is 0.214. The molecule has 0 saturated carbocycles. The van der Waals surface area contributed by atoms with Crippen LogP contribution in [0.25, 0.3) is 0 Å². The maximum atomic E-state index is 9.76. The van der Waals surface area contributed by atoms with Gasteiger partial charge in [-0.15, -0.1) is 0 Å². The van der Waals surface area contributed by atoms with Gasteiger partial charge in [-0.05, 0) is 36.3 Å². The molecule has 2 nitrogen and oxygen atoms in total. The van der Waals surface area contributed by atoms with E-state index in [9.17, 15) is 5.11 Å². The normalized spacial score (nSPS) is 22.0. The first-order valence-corrected chi connectivity index (χ1v) is 5.15. The second kappa shape index (κ2) is 3.62. The van der Waals surface area contributed by atoms with Crippen molar-refractivity contribution >= 4 is 0 Å². The Kier molecular flexibility index (Phi) is 2.46. The number of rotatable bonds is 2. The van der Waals surface area contributed by atoms with Crippen LogP contribution in [0.2, 0.25) is 0 Å². The second-order valence-electron chi connectivity index (χ2n) is 4.15. The van der Waals surface area contributed by atoms with Crippen molar-refractivity contribution in [2.75, 3.05) is 6.61 Å². The van der Waals surface area contributed by atoms with Gasteiger partial charge in [0, 0.05) is 12.2 Å². The highest BCUT2D eigenvalue weighted by Gasteiger charge is 2.29. The van der Waals surface area contributed by atoms with E-state index in [1.807, 2.05) is 13.0 Å². The summed E-state index contributed by atoms with van der Waals surface area (Å²) in [4.78, 5) is 0. The van der Waals surface area contributed by atoms with Crippen LogP contribution < -0.4 is 0 Å². The van der Waals surface area contributed by atoms with Crippen LogP contribution in [0.4, 0.5) is 0 Å². The molecular formula is C12H16O2. The highest BCUT2D eigenvalue weighted by Crippen LogP contribution is 2.42. The maximum Gasteiger partial charge on any atom is 0.119 e. The molecule has 2 N–H and O–H groups in total. The Hall–Kier alpha value is -1.02. The van der Waals surface area contributed by atoms with Gasteiger partial charge in [0.25, 0.3) is 0 Å². The van der Waals surface area contributed by atoms with Crippen LogP contribution in [0.1, 0.15) is 30.4 Å². The van der Waals surface area contributed by atoms with E-state index in [2.05, 4.69) is 6.07 Å². The van der Waals surface area contributed by atoms with Crippen LogP contribution in [-0.4, -0.2) is 16.8 Å². The number of aryl methyl sites for hydroxylation is 1. The second-order valence-corrected chi connectivity index (χ2v) is 4.15. The third-order valence-electron chi connectivity index (χ3n) is 3.24. The largest absolute Gasteiger partial charge is 0.508 e. The van der Waals surface area contributed by atoms with Crippen molar-refractivity contribution in [3.8, 4) is 5.75 Å². The third-order valence-corrected chi connectivity index (χ3v) is 3.24. The summed E-state index contributed by atoms with van der Waals surface area (Å²) in [5.41, 5.74) is 2.31. The van der Waals surface area contributed by atoms with Gasteiger partial charge in [-0.25, -0.2) is 0 Å². The highest BCUT2D eigenvalue weighted by molar-refractivity contribution is 5.45. The van der Waals surface area contributed by atoms with Gasteiger partial charge >= 0.3 is 0 Å². The number of phenolic OH excluding ortho intramolecular Hbond substituents is 1. The molecule has 1 aliphatic carbocycles. The Morgan fingerprint density at radius 2 is 2.29 bits per heavy atom. The summed E-state index contributed by atoms with van der Waals surface area (Å²) in [5.74, 6) is 0.964. The SMILES string of the molecule is CC(CO)C1CCc2cccc(O)c21. The summed E-state index contributed by atoms with van der Waals surface area (Å²) in [7, 11) is 0. The molecule has 0 amide bonds. The van der Waals surface area contributed by atoms with Crippen molar-refractivity contribution in [1.29, 1.82) is 0 Å². The average Bonchev–Trinajstić information content (AvgIpc) is 2.62. The van der Waals surface area contributed by atoms with Crippen molar-refractivity contribution in [1.82, 2.24) is 0 Å². The summed E-state index contributed by atoms with van der Waals surface area (Å²) in [6.45, 7) is 2.23. The van der Waals surface area contributed by atoms with Crippen molar-refractivity contribution in [3.05, 3.63) is 29.3 Å². The van der Waals surface area contributed by atoms with E-state index in [1.165, 1.54) is 5.56 Å². The topological polar surface area (TPSA) is 40.5 Å². The summed E-state index contributed by atoms with van der Waals surface area (Å²) in [6.07, 6.45) is 2.08. The van der Waals surface area contributed by atoms with Gasteiger partial charge in [-0.3, -0.25) is 0 Å². The molecule has 1 aromatic carbocycles. The minimum absolute atomic E-state index is 0.193. The van der Waals surface area contributed by atoms with E-state index in [4.69, 9.17) is 5.11 Å². The molecule has 0 saturated heterocycles. The zero-order valence-corrected chi connectivity index (χ0v) is 8.40. The molecule has 0 fully saturated rings. The van der Waals surface area contributed by atoms with E-state index in [1.54, 1.807) is 6.07 Å². The average molecular weight is 192 g/mol. The Labute approximate surface area is 84.2 Å². The first-order valence-electron chi connectivity index (χ1n) is 5.15. The Morgan fingerprint density at radius 1 is 1.50 bits per heavy atom. The van der Waals surface area contributed by atoms with E-state index >= 15 is 0 Å². The predicted molar refractivity (Wildman–Crippen MR) is 55.4 cm³/mol. The molecule has 0 radical (unpaired) electrons. The minimum atomic E-state index is 0.193. The van der Waals surface area contributed by atoms with Crippen LogP contribution in [0.5, 0.6) is 5.75 Å². The lowest BCUT2D eigenvalue weighted by Crippen LogP contribution is -2.10. The minimum Gasteiger partial charge on any atom is -0.508 e. The molecule has 0 spiro atoms. The van der Waals surface area contributed by atoms with E-state index in [0.29, 0.717) is 11.7 Å². The number of aliphatic hydroxyl groups is 1. The molecule has 76 valence electrons. The van der Waals surface area contributed by atoms with Crippen LogP contribution in [-0.2, 0) is 6.42 Å². The molecule has 2 rings (SSSR count). The fourth-order valence-electron chi connectivity index (χ4n) is 2.40. The van der Waals surface area contributed by atoms with E-state index in [0.717, 1.165) is 18.4 Å². The van der Waals surface area contributed by atoms with Crippen LogP contribution in [0.15, 0.2) is 18.2 Å². The standard InChI is InChI=1S/C12H16O2/c1-8(7-13)10-6-5-9-3-2-4-11(14)12(9)10/h2-4,8,10,13-14H,5-7H2,1H3. The van der Waals surface area contributed by atoms with Gasteiger partial charge in [0.05, 0.1) is 0 Å². The molecule has 2 heteroatoms. The lowest BCUT2D eigenvalue weighted by atomic mass is 9.89. The van der Waals surface area contributed by atoms with Gasteiger partial charge in [-0.2, -0.15) is 0 Å². The van der Waals surface area contributed by atoms with Crippen molar-refractivity contribution in [3.63, 3.8) is 0 Å². The maximum absolute atomic E-state index is 9.76. The molecule has 0 aromatic heterocycles. The number of benzene rings is 1. The number of aromatic hydroxyl groups is 1. The van der Waals surface area contributed by atoms with Crippen molar-refractivity contribution in [2.24, 2.45) is 5.92 Å². The number of hydrogen-bond acceptors (Lipinski definition) is 2. The molecule has 0 aliphatic heterocycles. The third kappa shape index (κ3) is 1.40. The number of phenols is 1. The molecule has 1 aliphatic rings. The van der Waals surface area contributed by atoms with Crippen molar-refractivity contribution in [2.45, 2.75) is 25.7 Å². The zero-order chi connectivity index (χ0) is 10.1. The van der Waals surface area contributed by atoms with Crippen LogP contribution in [0.3, 0.4) is 0 Å². The molecule has 0 bridgehead atoms. The van der Waals surface area contributed by atoms with Gasteiger partial charge in [0.15, 0.2) is 0 Å².